The van der Waals surface area contributed by atoms with E-state index >= 15 is 0 Å². The van der Waals surface area contributed by atoms with Gasteiger partial charge in [0.05, 0.1) is 0 Å². The van der Waals surface area contributed by atoms with E-state index in [0.29, 0.717) is 0 Å². The molecule has 6 nitrogen and oxygen atoms in total. The van der Waals surface area contributed by atoms with Gasteiger partial charge in [-0.25, -0.2) is 4.79 Å². The van der Waals surface area contributed by atoms with Gasteiger partial charge in [0, 0.05) is 18.2 Å². The number of carbonyl (C=O) groups is 1. The monoisotopic (exact) mass is 342 g/mol. The lowest BCUT2D eigenvalue weighted by atomic mass is 9.85. The van der Waals surface area contributed by atoms with Crippen molar-refractivity contribution in [2.45, 2.75) is 64.0 Å². The van der Waals surface area contributed by atoms with Gasteiger partial charge in [0.1, 0.15) is 11.4 Å². The number of amides is 1. The first-order valence-electron chi connectivity index (χ1n) is 8.82. The molecular formula is C19H26N4O2. The Labute approximate surface area is 148 Å². The Balaban J connectivity index is 1.71. The smallest absolute Gasteiger partial charge is 0.407 e. The minimum atomic E-state index is -0.482. The number of fused-ring (bicyclic) bond motifs is 1. The van der Waals surface area contributed by atoms with Crippen LogP contribution in [0.3, 0.4) is 0 Å². The first-order chi connectivity index (χ1) is 11.9. The summed E-state index contributed by atoms with van der Waals surface area (Å²) in [5.41, 5.74) is 1.37. The minimum Gasteiger partial charge on any atom is -0.444 e. The molecule has 2 aromatic rings. The fourth-order valence-electron chi connectivity index (χ4n) is 3.36. The maximum atomic E-state index is 12.0. The molecule has 134 valence electrons. The van der Waals surface area contributed by atoms with E-state index < -0.39 is 5.60 Å². The van der Waals surface area contributed by atoms with Crippen molar-refractivity contribution >= 4 is 17.8 Å². The summed E-state index contributed by atoms with van der Waals surface area (Å²) in [7, 11) is 0. The van der Waals surface area contributed by atoms with Crippen molar-refractivity contribution in [3.8, 4) is 0 Å². The number of alkyl carbamates (subject to hydrolysis) is 1. The summed E-state index contributed by atoms with van der Waals surface area (Å²) in [6, 6.07) is 4.09. The van der Waals surface area contributed by atoms with Gasteiger partial charge in [0.2, 0.25) is 0 Å². The third-order valence-electron chi connectivity index (χ3n) is 4.46. The van der Waals surface area contributed by atoms with E-state index in [-0.39, 0.29) is 18.1 Å². The van der Waals surface area contributed by atoms with Crippen molar-refractivity contribution in [2.75, 3.05) is 0 Å². The largest absolute Gasteiger partial charge is 0.444 e. The number of hydrogen-bond acceptors (Lipinski definition) is 4. The molecule has 0 bridgehead atoms. The van der Waals surface area contributed by atoms with Gasteiger partial charge < -0.3 is 10.1 Å². The van der Waals surface area contributed by atoms with Crippen LogP contribution in [0.4, 0.5) is 4.79 Å². The normalized spacial score (nSPS) is 21.1. The van der Waals surface area contributed by atoms with Crippen molar-refractivity contribution in [2.24, 2.45) is 0 Å². The molecule has 1 amide bonds. The van der Waals surface area contributed by atoms with Crippen molar-refractivity contribution in [3.63, 3.8) is 0 Å². The number of hydrogen-bond donors (Lipinski definition) is 1. The molecule has 3 rings (SSSR count). The predicted octanol–water partition coefficient (Wildman–Crippen LogP) is 3.92. The van der Waals surface area contributed by atoms with Crippen LogP contribution < -0.4 is 5.32 Å². The number of pyridine rings is 1. The number of aromatic nitrogens is 3. The van der Waals surface area contributed by atoms with Crippen molar-refractivity contribution in [3.05, 3.63) is 36.3 Å². The van der Waals surface area contributed by atoms with Crippen LogP contribution in [-0.4, -0.2) is 32.3 Å². The summed E-state index contributed by atoms with van der Waals surface area (Å²) in [6.45, 7) is 9.40. The second kappa shape index (κ2) is 6.86. The van der Waals surface area contributed by atoms with Crippen LogP contribution in [0, 0.1) is 0 Å². The molecule has 2 heterocycles. The van der Waals surface area contributed by atoms with Gasteiger partial charge in [-0.15, -0.1) is 10.2 Å². The van der Waals surface area contributed by atoms with Crippen LogP contribution in [-0.2, 0) is 4.74 Å². The number of rotatable bonds is 3. The van der Waals surface area contributed by atoms with Crippen LogP contribution in [0.15, 0.2) is 24.9 Å². The van der Waals surface area contributed by atoms with Gasteiger partial charge in [-0.05, 0) is 57.7 Å². The standard InChI is InChI=1S/C19H26N4O2/c1-5-13-9-10-23-16(11-13)21-22-17(23)14-7-6-8-15(12-14)20-18(24)25-19(2,3)4/h5,9-11,14-15H,1,6-8,12H2,2-4H3,(H,20,24)/t14-,15+/m0/s1. The lowest BCUT2D eigenvalue weighted by Gasteiger charge is -2.29. The highest BCUT2D eigenvalue weighted by molar-refractivity contribution is 5.68. The number of carbonyl (C=O) groups excluding carboxylic acids is 1. The average molecular weight is 342 g/mol. The molecule has 0 aromatic carbocycles. The molecule has 0 unspecified atom stereocenters. The Bertz CT molecular complexity index is 775. The molecule has 0 spiro atoms. The predicted molar refractivity (Wildman–Crippen MR) is 97.4 cm³/mol. The maximum absolute atomic E-state index is 12.0. The zero-order chi connectivity index (χ0) is 18.0. The first kappa shape index (κ1) is 17.5. The van der Waals surface area contributed by atoms with E-state index in [1.54, 1.807) is 6.08 Å². The fourth-order valence-corrected chi connectivity index (χ4v) is 3.36. The van der Waals surface area contributed by atoms with Crippen LogP contribution in [0.1, 0.15) is 63.8 Å². The number of nitrogens with one attached hydrogen (secondary N) is 1. The topological polar surface area (TPSA) is 68.5 Å². The molecular weight excluding hydrogens is 316 g/mol. The summed E-state index contributed by atoms with van der Waals surface area (Å²) >= 11 is 0. The summed E-state index contributed by atoms with van der Waals surface area (Å²) in [5, 5.41) is 11.7. The Kier molecular flexibility index (Phi) is 4.79. The summed E-state index contributed by atoms with van der Waals surface area (Å²) in [6.07, 6.45) is 7.36. The molecule has 1 N–H and O–H groups in total. The molecule has 0 radical (unpaired) electrons. The summed E-state index contributed by atoms with van der Waals surface area (Å²) in [4.78, 5) is 12.0. The van der Waals surface area contributed by atoms with Gasteiger partial charge in [0.15, 0.2) is 5.65 Å². The molecule has 1 aliphatic carbocycles. The quantitative estimate of drug-likeness (QED) is 0.918. The third kappa shape index (κ3) is 4.18. The molecule has 1 aliphatic rings. The van der Waals surface area contributed by atoms with Gasteiger partial charge in [-0.2, -0.15) is 0 Å². The Hall–Kier alpha value is -2.37. The van der Waals surface area contributed by atoms with Gasteiger partial charge in [0.25, 0.3) is 0 Å². The highest BCUT2D eigenvalue weighted by atomic mass is 16.6. The van der Waals surface area contributed by atoms with E-state index in [4.69, 9.17) is 4.74 Å². The van der Waals surface area contributed by atoms with E-state index in [0.717, 1.165) is 42.7 Å². The highest BCUT2D eigenvalue weighted by Crippen LogP contribution is 2.32. The van der Waals surface area contributed by atoms with Crippen LogP contribution in [0.2, 0.25) is 0 Å². The maximum Gasteiger partial charge on any atom is 0.407 e. The summed E-state index contributed by atoms with van der Waals surface area (Å²) < 4.78 is 7.40. The van der Waals surface area contributed by atoms with Crippen LogP contribution in [0.25, 0.3) is 11.7 Å². The Morgan fingerprint density at radius 1 is 1.40 bits per heavy atom. The summed E-state index contributed by atoms with van der Waals surface area (Å²) in [5.74, 6) is 1.24. The Morgan fingerprint density at radius 3 is 2.92 bits per heavy atom. The highest BCUT2D eigenvalue weighted by Gasteiger charge is 2.28. The van der Waals surface area contributed by atoms with Crippen molar-refractivity contribution in [1.29, 1.82) is 0 Å². The second-order valence-electron chi connectivity index (χ2n) is 7.66. The van der Waals surface area contributed by atoms with E-state index in [1.807, 2.05) is 43.5 Å². The zero-order valence-corrected chi connectivity index (χ0v) is 15.2. The first-order valence-corrected chi connectivity index (χ1v) is 8.82. The van der Waals surface area contributed by atoms with Gasteiger partial charge in [-0.3, -0.25) is 4.40 Å². The molecule has 2 atom stereocenters. The van der Waals surface area contributed by atoms with E-state index in [1.165, 1.54) is 0 Å². The third-order valence-corrected chi connectivity index (χ3v) is 4.46. The lowest BCUT2D eigenvalue weighted by molar-refractivity contribution is 0.0490. The SMILES string of the molecule is C=Cc1ccn2c([C@H]3CCC[C@@H](NC(=O)OC(C)(C)C)C3)nnc2c1. The zero-order valence-electron chi connectivity index (χ0n) is 15.2. The molecule has 0 saturated heterocycles. The molecule has 6 heteroatoms. The molecule has 1 saturated carbocycles. The lowest BCUT2D eigenvalue weighted by Crippen LogP contribution is -2.41. The fraction of sp³-hybridized carbons (Fsp3) is 0.526. The van der Waals surface area contributed by atoms with Gasteiger partial charge in [-0.1, -0.05) is 19.1 Å². The van der Waals surface area contributed by atoms with Crippen LogP contribution in [0.5, 0.6) is 0 Å². The Morgan fingerprint density at radius 2 is 2.20 bits per heavy atom. The average Bonchev–Trinajstić information content (AvgIpc) is 2.96. The molecule has 2 aromatic heterocycles. The molecule has 1 fully saturated rings. The van der Waals surface area contributed by atoms with E-state index in [2.05, 4.69) is 22.1 Å². The molecule has 25 heavy (non-hydrogen) atoms. The number of nitrogens with zero attached hydrogens (tertiary/aromatic N) is 3. The van der Waals surface area contributed by atoms with Crippen molar-refractivity contribution in [1.82, 2.24) is 19.9 Å². The van der Waals surface area contributed by atoms with Crippen molar-refractivity contribution < 1.29 is 9.53 Å². The van der Waals surface area contributed by atoms with Crippen LogP contribution >= 0.6 is 0 Å². The van der Waals surface area contributed by atoms with E-state index in [9.17, 15) is 4.79 Å². The molecule has 0 aliphatic heterocycles. The number of ether oxygens (including phenoxy) is 1. The minimum absolute atomic E-state index is 0.105. The second-order valence-corrected chi connectivity index (χ2v) is 7.66. The van der Waals surface area contributed by atoms with Gasteiger partial charge >= 0.3 is 6.09 Å².